The molecule has 0 radical (unpaired) electrons. The molecule has 0 amide bonds. The van der Waals surface area contributed by atoms with Crippen molar-refractivity contribution in [3.63, 3.8) is 0 Å². The molecule has 28 heavy (non-hydrogen) atoms. The summed E-state index contributed by atoms with van der Waals surface area (Å²) in [6.07, 6.45) is -1.74. The van der Waals surface area contributed by atoms with Crippen molar-refractivity contribution in [2.75, 3.05) is 55.4 Å². The number of carboxylic acids is 2. The van der Waals surface area contributed by atoms with Crippen LogP contribution in [0, 0.1) is 0 Å². The highest BCUT2D eigenvalue weighted by Crippen LogP contribution is 2.05. The molecule has 2 atom stereocenters. The van der Waals surface area contributed by atoms with Crippen LogP contribution < -0.4 is 10.2 Å². The number of likely N-dealkylation sites (N-methyl/N-ethyl adjacent to an activating group) is 2. The first kappa shape index (κ1) is 28.0. The van der Waals surface area contributed by atoms with Crippen molar-refractivity contribution in [3.05, 3.63) is 0 Å². The molecule has 0 aromatic rings. The van der Waals surface area contributed by atoms with Gasteiger partial charge in [-0.2, -0.15) is 0 Å². The van der Waals surface area contributed by atoms with E-state index in [0.717, 1.165) is 0 Å². The lowest BCUT2D eigenvalue weighted by molar-refractivity contribution is -0.873. The van der Waals surface area contributed by atoms with Gasteiger partial charge in [0.05, 0.1) is 42.3 Å². The molecule has 0 aromatic carbocycles. The Bertz CT molecular complexity index is 455. The fourth-order valence-electron chi connectivity index (χ4n) is 2.35. The van der Waals surface area contributed by atoms with Gasteiger partial charge in [0.25, 0.3) is 0 Å². The minimum absolute atomic E-state index is 0.255. The second-order valence-corrected chi connectivity index (χ2v) is 8.56. The van der Waals surface area contributed by atoms with Gasteiger partial charge in [0.2, 0.25) is 0 Å². The van der Waals surface area contributed by atoms with Gasteiger partial charge in [0.1, 0.15) is 13.1 Å². The average molecular weight is 406 g/mol. The second-order valence-electron chi connectivity index (χ2n) is 8.56. The van der Waals surface area contributed by atoms with Crippen molar-refractivity contribution in [1.29, 1.82) is 0 Å². The molecule has 0 saturated carbocycles. The number of aliphatic carboxylic acids is 2. The van der Waals surface area contributed by atoms with Crippen molar-refractivity contribution < 1.29 is 47.8 Å². The summed E-state index contributed by atoms with van der Waals surface area (Å²) in [5.74, 6) is -3.34. The van der Waals surface area contributed by atoms with E-state index in [0.29, 0.717) is 22.1 Å². The van der Waals surface area contributed by atoms with Gasteiger partial charge >= 0.3 is 11.9 Å². The average Bonchev–Trinajstić information content (AvgIpc) is 2.30. The van der Waals surface area contributed by atoms with E-state index in [1.165, 1.54) is 13.8 Å². The molecular formula is C18H34N2O8. The van der Waals surface area contributed by atoms with Crippen LogP contribution in [0.5, 0.6) is 0 Å². The van der Waals surface area contributed by atoms with Gasteiger partial charge in [-0.25, -0.2) is 0 Å². The molecular weight excluding hydrogens is 372 g/mol. The topological polar surface area (TPSA) is 133 Å². The van der Waals surface area contributed by atoms with Crippen LogP contribution in [0.15, 0.2) is 0 Å². The summed E-state index contributed by atoms with van der Waals surface area (Å²) in [6.45, 7) is 3.43. The van der Waals surface area contributed by atoms with Crippen molar-refractivity contribution in [3.8, 4) is 0 Å². The Morgan fingerprint density at radius 2 is 0.929 bits per heavy atom. The largest absolute Gasteiger partial charge is 0.550 e. The summed E-state index contributed by atoms with van der Waals surface area (Å²) < 4.78 is 10.8. The smallest absolute Gasteiger partial charge is 0.303 e. The number of carboxylic acid groups (broad SMARTS) is 2. The third-order valence-electron chi connectivity index (χ3n) is 2.96. The molecule has 164 valence electrons. The molecule has 0 aliphatic heterocycles. The van der Waals surface area contributed by atoms with E-state index in [1.54, 1.807) is 0 Å². The first-order chi connectivity index (χ1) is 12.4. The molecule has 0 saturated heterocycles. The number of carbonyl (C=O) groups excluding carboxylic acids is 4. The van der Waals surface area contributed by atoms with Crippen LogP contribution in [0.3, 0.4) is 0 Å². The summed E-state index contributed by atoms with van der Waals surface area (Å²) in [4.78, 5) is 42.1. The van der Waals surface area contributed by atoms with Gasteiger partial charge in [-0.1, -0.05) is 0 Å². The van der Waals surface area contributed by atoms with Crippen LogP contribution in [0.4, 0.5) is 0 Å². The van der Waals surface area contributed by atoms with E-state index in [9.17, 15) is 29.4 Å². The quantitative estimate of drug-likeness (QED) is 0.288. The Balaban J connectivity index is 0. The number of carbonyl (C=O) groups is 4. The Morgan fingerprint density at radius 3 is 1.07 bits per heavy atom. The van der Waals surface area contributed by atoms with Crippen LogP contribution >= 0.6 is 0 Å². The maximum atomic E-state index is 10.7. The summed E-state index contributed by atoms with van der Waals surface area (Å²) in [5, 5.41) is 20.7. The molecule has 0 bridgehead atoms. The normalized spacial score (nSPS) is 13.4. The molecule has 0 N–H and O–H groups in total. The van der Waals surface area contributed by atoms with Gasteiger partial charge in [0.15, 0.2) is 12.2 Å². The lowest BCUT2D eigenvalue weighted by atomic mass is 10.2. The number of hydrogen-bond acceptors (Lipinski definition) is 8. The molecule has 2 unspecified atom stereocenters. The molecule has 10 heteroatoms. The van der Waals surface area contributed by atoms with Gasteiger partial charge in [-0.3, -0.25) is 9.59 Å². The summed E-state index contributed by atoms with van der Waals surface area (Å²) in [7, 11) is 11.4. The molecule has 0 spiro atoms. The Labute approximate surface area is 166 Å². The molecule has 0 aromatic heterocycles. The van der Waals surface area contributed by atoms with Crippen molar-refractivity contribution in [2.24, 2.45) is 0 Å². The third-order valence-corrected chi connectivity index (χ3v) is 2.96. The van der Waals surface area contributed by atoms with Crippen LogP contribution in [0.1, 0.15) is 26.7 Å². The van der Waals surface area contributed by atoms with E-state index >= 15 is 0 Å². The first-order valence-corrected chi connectivity index (χ1v) is 8.76. The molecule has 0 fully saturated rings. The molecule has 0 aliphatic carbocycles. The van der Waals surface area contributed by atoms with E-state index in [2.05, 4.69) is 0 Å². The number of rotatable bonds is 10. The fraction of sp³-hybridized carbons (Fsp3) is 0.778. The number of ether oxygens (including phenoxy) is 2. The van der Waals surface area contributed by atoms with Crippen molar-refractivity contribution >= 4 is 23.9 Å². The highest BCUT2D eigenvalue weighted by molar-refractivity contribution is 5.69. The number of nitrogens with zero attached hydrogens (tertiary/aromatic N) is 2. The van der Waals surface area contributed by atoms with Crippen molar-refractivity contribution in [2.45, 2.75) is 38.9 Å². The maximum absolute atomic E-state index is 10.7. The van der Waals surface area contributed by atoms with Crippen molar-refractivity contribution in [1.82, 2.24) is 0 Å². The predicted molar refractivity (Wildman–Crippen MR) is 96.2 cm³/mol. The van der Waals surface area contributed by atoms with Crippen LogP contribution in [-0.4, -0.2) is 100 Å². The molecule has 0 heterocycles. The van der Waals surface area contributed by atoms with E-state index < -0.39 is 36.1 Å². The SMILES string of the molecule is CC(=O)OC(CC(=O)[O-])C[N+](C)(C)C.CC(=O)OC(CC(=O)[O-])C[N+](C)(C)C. The summed E-state index contributed by atoms with van der Waals surface area (Å²) in [5.41, 5.74) is 0. The summed E-state index contributed by atoms with van der Waals surface area (Å²) in [6, 6.07) is 0. The molecule has 10 nitrogen and oxygen atoms in total. The van der Waals surface area contributed by atoms with Crippen LogP contribution in [0.2, 0.25) is 0 Å². The Hall–Kier alpha value is -2.20. The maximum Gasteiger partial charge on any atom is 0.303 e. The Kier molecular flexibility index (Phi) is 12.3. The standard InChI is InChI=1S/2C9H17NO4/c2*1-7(11)14-8(5-9(12)13)6-10(2,3)4/h2*8H,5-6H2,1-4H3. The first-order valence-electron chi connectivity index (χ1n) is 8.76. The fourth-order valence-corrected chi connectivity index (χ4v) is 2.35. The minimum atomic E-state index is -1.20. The number of hydrogen-bond donors (Lipinski definition) is 0. The lowest BCUT2D eigenvalue weighted by Crippen LogP contribution is -2.45. The van der Waals surface area contributed by atoms with Crippen LogP contribution in [-0.2, 0) is 28.7 Å². The van der Waals surface area contributed by atoms with E-state index in [4.69, 9.17) is 9.47 Å². The minimum Gasteiger partial charge on any atom is -0.550 e. The molecule has 0 aliphatic rings. The van der Waals surface area contributed by atoms with Gasteiger partial charge in [-0.15, -0.1) is 0 Å². The zero-order chi connectivity index (χ0) is 22.7. The highest BCUT2D eigenvalue weighted by Gasteiger charge is 2.21. The second kappa shape index (κ2) is 12.3. The number of esters is 2. The zero-order valence-electron chi connectivity index (χ0n) is 18.1. The monoisotopic (exact) mass is 406 g/mol. The highest BCUT2D eigenvalue weighted by atomic mass is 16.5. The van der Waals surface area contributed by atoms with E-state index in [1.807, 2.05) is 42.3 Å². The zero-order valence-corrected chi connectivity index (χ0v) is 18.1. The third kappa shape index (κ3) is 21.8. The predicted octanol–water partition coefficient (Wildman–Crippen LogP) is -2.47. The van der Waals surface area contributed by atoms with Gasteiger partial charge in [-0.05, 0) is 0 Å². The van der Waals surface area contributed by atoms with Gasteiger partial charge < -0.3 is 38.2 Å². The lowest BCUT2D eigenvalue weighted by Gasteiger charge is -2.28. The van der Waals surface area contributed by atoms with Crippen LogP contribution in [0.25, 0.3) is 0 Å². The van der Waals surface area contributed by atoms with E-state index in [-0.39, 0.29) is 12.8 Å². The van der Waals surface area contributed by atoms with Gasteiger partial charge in [0, 0.05) is 38.6 Å². The Morgan fingerprint density at radius 1 is 0.679 bits per heavy atom. The molecule has 0 rings (SSSR count). The summed E-state index contributed by atoms with van der Waals surface area (Å²) >= 11 is 0. The number of quaternary nitrogens is 2.